The Balaban J connectivity index is -0.000000125. The molecule has 0 aromatic carbocycles. The Bertz CT molecular complexity index is 22.4. The minimum atomic E-state index is 0. The standard InChI is InChI=1S/C5H11.Al.2HI/c1-3-5-4-2;;;/h1,3-5H2,2H3;;2*1H. The molecule has 0 aliphatic carbocycles. The fraction of sp³-hybridized carbons (Fsp3) is 1.00. The van der Waals surface area contributed by atoms with Gasteiger partial charge >= 0.3 is 0 Å². The summed E-state index contributed by atoms with van der Waals surface area (Å²) >= 11 is 2.73. The largest absolute Gasteiger partial charge is 0.118 e. The normalized spacial score (nSPS) is 6.62. The Labute approximate surface area is 94.6 Å². The van der Waals surface area contributed by atoms with Gasteiger partial charge < -0.3 is 0 Å². The number of halogens is 2. The average Bonchev–Trinajstić information content (AvgIpc) is 1.61. The molecule has 0 aromatic heterocycles. The van der Waals surface area contributed by atoms with Crippen molar-refractivity contribution in [3.63, 3.8) is 0 Å². The Kier molecular flexibility index (Phi) is 33.0. The van der Waals surface area contributed by atoms with Crippen LogP contribution in [0.4, 0.5) is 0 Å². The molecule has 0 heterocycles. The predicted molar refractivity (Wildman–Crippen MR) is 60.9 cm³/mol. The van der Waals surface area contributed by atoms with Crippen molar-refractivity contribution < 1.29 is 0 Å². The number of rotatable bonds is 3. The highest BCUT2D eigenvalue weighted by Crippen LogP contribution is 1.94. The maximum absolute atomic E-state index is 2.73. The molecule has 0 bridgehead atoms. The van der Waals surface area contributed by atoms with Crippen LogP contribution in [0.1, 0.15) is 26.2 Å². The summed E-state index contributed by atoms with van der Waals surface area (Å²) in [4.78, 5) is 0. The fourth-order valence-corrected chi connectivity index (χ4v) is 0.683. The van der Waals surface area contributed by atoms with Crippen LogP contribution < -0.4 is 0 Å². The zero-order chi connectivity index (χ0) is 4.83. The summed E-state index contributed by atoms with van der Waals surface area (Å²) in [6.07, 6.45) is 4.11. The van der Waals surface area contributed by atoms with E-state index in [4.69, 9.17) is 0 Å². The molecule has 0 aliphatic rings. The Morgan fingerprint density at radius 2 is 1.62 bits per heavy atom. The maximum atomic E-state index is 2.73. The molecule has 0 spiro atoms. The second kappa shape index (κ2) is 16.0. The van der Waals surface area contributed by atoms with E-state index < -0.39 is 0 Å². The quantitative estimate of drug-likeness (QED) is 0.415. The summed E-state index contributed by atoms with van der Waals surface area (Å²) in [5.74, 6) is 0. The van der Waals surface area contributed by atoms with E-state index in [-0.39, 0.29) is 48.0 Å². The molecule has 0 saturated carbocycles. The molecule has 0 rings (SSSR count). The van der Waals surface area contributed by atoms with Crippen molar-refractivity contribution >= 4 is 64.2 Å². The first-order chi connectivity index (χ1) is 2.91. The molecule has 0 saturated heterocycles. The van der Waals surface area contributed by atoms with Gasteiger partial charge in [-0.25, -0.2) is 0 Å². The molecular weight excluding hydrogens is 341 g/mol. The molecule has 50 valence electrons. The highest BCUT2D eigenvalue weighted by Gasteiger charge is 1.75. The van der Waals surface area contributed by atoms with E-state index in [1.54, 1.807) is 0 Å². The highest BCUT2D eigenvalue weighted by atomic mass is 127. The van der Waals surface area contributed by atoms with E-state index >= 15 is 0 Å². The van der Waals surface area contributed by atoms with Crippen LogP contribution in [0.15, 0.2) is 0 Å². The number of hydrogen-bond acceptors (Lipinski definition) is 0. The molecule has 0 unspecified atom stereocenters. The van der Waals surface area contributed by atoms with Crippen molar-refractivity contribution in [2.75, 3.05) is 0 Å². The van der Waals surface area contributed by atoms with Crippen LogP contribution in [0.2, 0.25) is 5.28 Å². The zero-order valence-corrected chi connectivity index (χ0v) is 11.0. The molecule has 2 radical (unpaired) electrons. The highest BCUT2D eigenvalue weighted by molar-refractivity contribution is 14.0. The van der Waals surface area contributed by atoms with Crippen molar-refractivity contribution in [2.45, 2.75) is 31.5 Å². The second-order valence-corrected chi connectivity index (χ2v) is 2.07. The molecule has 0 atom stereocenters. The van der Waals surface area contributed by atoms with Gasteiger partial charge in [-0.1, -0.05) is 26.2 Å². The molecule has 0 fully saturated rings. The van der Waals surface area contributed by atoms with Crippen LogP contribution in [-0.4, -0.2) is 16.3 Å². The monoisotopic (exact) mass is 354 g/mol. The van der Waals surface area contributed by atoms with Gasteiger partial charge in [-0.15, -0.1) is 53.2 Å². The van der Waals surface area contributed by atoms with Gasteiger partial charge in [-0.2, -0.15) is 0 Å². The molecule has 0 aliphatic heterocycles. The summed E-state index contributed by atoms with van der Waals surface area (Å²) in [6.45, 7) is 2.22. The minimum absolute atomic E-state index is 0. The number of unbranched alkanes of at least 4 members (excludes halogenated alkanes) is 2. The van der Waals surface area contributed by atoms with Crippen LogP contribution in [0, 0.1) is 0 Å². The van der Waals surface area contributed by atoms with Gasteiger partial charge in [0.25, 0.3) is 0 Å². The smallest absolute Gasteiger partial charge is 0.118 e. The first-order valence-electron chi connectivity index (χ1n) is 2.62. The maximum Gasteiger partial charge on any atom is 0.118 e. The van der Waals surface area contributed by atoms with E-state index in [0.29, 0.717) is 0 Å². The predicted octanol–water partition coefficient (Wildman–Crippen LogP) is 3.00. The first-order valence-corrected chi connectivity index (χ1v) is 3.43. The Morgan fingerprint density at radius 1 is 1.12 bits per heavy atom. The van der Waals surface area contributed by atoms with Crippen molar-refractivity contribution in [1.29, 1.82) is 0 Å². The zero-order valence-electron chi connectivity index (χ0n) is 5.22. The first kappa shape index (κ1) is 16.5. The summed E-state index contributed by atoms with van der Waals surface area (Å²) in [6, 6.07) is 0. The second-order valence-electron chi connectivity index (χ2n) is 1.50. The van der Waals surface area contributed by atoms with Gasteiger partial charge in [-0.05, 0) is 0 Å². The molecule has 0 aromatic rings. The topological polar surface area (TPSA) is 0 Å². The van der Waals surface area contributed by atoms with Gasteiger partial charge in [0, 0.05) is 0 Å². The van der Waals surface area contributed by atoms with Crippen molar-refractivity contribution in [3.05, 3.63) is 0 Å². The summed E-state index contributed by atoms with van der Waals surface area (Å²) in [7, 11) is 0. The lowest BCUT2D eigenvalue weighted by molar-refractivity contribution is 0.771. The van der Waals surface area contributed by atoms with Crippen LogP contribution in [0.25, 0.3) is 0 Å². The Morgan fingerprint density at radius 3 is 1.75 bits per heavy atom. The molecule has 8 heavy (non-hydrogen) atoms. The van der Waals surface area contributed by atoms with E-state index in [0.717, 1.165) is 0 Å². The third kappa shape index (κ3) is 15.7. The SMILES string of the molecule is CCCC[CH2][Al].I.I. The average molecular weight is 354 g/mol. The van der Waals surface area contributed by atoms with E-state index in [1.807, 2.05) is 0 Å². The lowest BCUT2D eigenvalue weighted by Gasteiger charge is -1.86. The third-order valence-corrected chi connectivity index (χ3v) is 1.22. The van der Waals surface area contributed by atoms with Crippen LogP contribution in [-0.2, 0) is 0 Å². The molecule has 0 nitrogen and oxygen atoms in total. The summed E-state index contributed by atoms with van der Waals surface area (Å²) in [5.41, 5.74) is 0. The van der Waals surface area contributed by atoms with Crippen molar-refractivity contribution in [2.24, 2.45) is 0 Å². The molecule has 3 heteroatoms. The summed E-state index contributed by atoms with van der Waals surface area (Å²) in [5, 5.41) is 1.27. The number of hydrogen-bond donors (Lipinski definition) is 0. The molecule has 0 N–H and O–H groups in total. The van der Waals surface area contributed by atoms with Gasteiger partial charge in [0.2, 0.25) is 0 Å². The van der Waals surface area contributed by atoms with Crippen LogP contribution in [0.3, 0.4) is 0 Å². The van der Waals surface area contributed by atoms with Gasteiger partial charge in [0.1, 0.15) is 16.3 Å². The van der Waals surface area contributed by atoms with Gasteiger partial charge in [0.15, 0.2) is 0 Å². The van der Waals surface area contributed by atoms with E-state index in [1.165, 1.54) is 24.5 Å². The van der Waals surface area contributed by atoms with Crippen molar-refractivity contribution in [1.82, 2.24) is 0 Å². The van der Waals surface area contributed by atoms with Gasteiger partial charge in [0.05, 0.1) is 0 Å². The lowest BCUT2D eigenvalue weighted by Crippen LogP contribution is -1.69. The van der Waals surface area contributed by atoms with Crippen LogP contribution >= 0.6 is 48.0 Å². The molecular formula is C5H13AlI2. The Hall–Kier alpha value is 1.99. The minimum Gasteiger partial charge on any atom is -0.118 e. The third-order valence-electron chi connectivity index (χ3n) is 0.808. The van der Waals surface area contributed by atoms with Crippen LogP contribution in [0.5, 0.6) is 0 Å². The van der Waals surface area contributed by atoms with Crippen molar-refractivity contribution in [3.8, 4) is 0 Å². The lowest BCUT2D eigenvalue weighted by atomic mass is 10.3. The summed E-state index contributed by atoms with van der Waals surface area (Å²) < 4.78 is 0. The van der Waals surface area contributed by atoms with E-state index in [2.05, 4.69) is 23.2 Å². The fourth-order valence-electron chi connectivity index (χ4n) is 0.394. The molecule has 0 amide bonds. The van der Waals surface area contributed by atoms with E-state index in [9.17, 15) is 0 Å². The van der Waals surface area contributed by atoms with Gasteiger partial charge in [-0.3, -0.25) is 0 Å².